The van der Waals surface area contributed by atoms with Crippen molar-refractivity contribution in [1.82, 2.24) is 14.2 Å². The minimum absolute atomic E-state index is 0.0760. The molecular weight excluding hydrogens is 815 g/mol. The Morgan fingerprint density at radius 2 is 0.744 bits per heavy atom. The Labute approximate surface area is 261 Å². The van der Waals surface area contributed by atoms with E-state index >= 15 is 0 Å². The van der Waals surface area contributed by atoms with Crippen LogP contribution in [0.25, 0.3) is 0 Å². The van der Waals surface area contributed by atoms with E-state index in [-0.39, 0.29) is 43.8 Å². The predicted octanol–water partition coefficient (Wildman–Crippen LogP) is -0.777. The van der Waals surface area contributed by atoms with Gasteiger partial charge < -0.3 is 0 Å². The van der Waals surface area contributed by atoms with Gasteiger partial charge in [0.1, 0.15) is 0 Å². The van der Waals surface area contributed by atoms with Crippen molar-refractivity contribution in [2.75, 3.05) is 0 Å². The molecule has 0 amide bonds. The number of nitrogens with one attached hydrogen (secondary N) is 3. The molecule has 0 saturated heterocycles. The zero-order valence-corrected chi connectivity index (χ0v) is 29.7. The summed E-state index contributed by atoms with van der Waals surface area (Å²) in [7, 11) is -13.1. The van der Waals surface area contributed by atoms with E-state index < -0.39 is 70.5 Å². The molecule has 16 heteroatoms. The predicted molar refractivity (Wildman–Crippen MR) is 164 cm³/mol. The van der Waals surface area contributed by atoms with Crippen LogP contribution in [0.1, 0.15) is 40.0 Å². The number of hydrogen-bond acceptors (Lipinski definition) is 9. The Bertz CT molecular complexity index is 1530. The van der Waals surface area contributed by atoms with Crippen LogP contribution in [0.4, 0.5) is 0 Å². The number of hydrogen-bond donors (Lipinski definition) is 6. The third-order valence-corrected chi connectivity index (χ3v) is 22.8. The van der Waals surface area contributed by atoms with Gasteiger partial charge in [0.2, 0.25) is 0 Å². The van der Waals surface area contributed by atoms with Crippen LogP contribution in [-0.2, 0) is 30.1 Å². The van der Waals surface area contributed by atoms with Gasteiger partial charge >= 0.3 is 263 Å². The molecule has 0 spiro atoms. The van der Waals surface area contributed by atoms with Crippen molar-refractivity contribution in [3.63, 3.8) is 0 Å². The van der Waals surface area contributed by atoms with Crippen molar-refractivity contribution in [3.8, 4) is 0 Å². The molecule has 0 aliphatic rings. The Morgan fingerprint density at radius 3 is 0.977 bits per heavy atom. The van der Waals surface area contributed by atoms with Crippen LogP contribution in [0.15, 0.2) is 87.5 Å². The van der Waals surface area contributed by atoms with Crippen LogP contribution in [0, 0.1) is 0 Å². The molecule has 0 aliphatic heterocycles. The fourth-order valence-corrected chi connectivity index (χ4v) is 23.5. The average Bonchev–Trinajstić information content (AvgIpc) is 2.97. The van der Waals surface area contributed by atoms with Gasteiger partial charge in [-0.25, -0.2) is 0 Å². The average molecular weight is 852 g/mol. The van der Waals surface area contributed by atoms with E-state index in [1.165, 1.54) is 54.6 Å². The summed E-state index contributed by atoms with van der Waals surface area (Å²) < 4.78 is 88.6. The Hall–Kier alpha value is -1.85. The molecular formula is C27H36BiN3O9S3. The first kappa shape index (κ1) is 35.6. The molecule has 12 nitrogen and oxygen atoms in total. The molecule has 0 fully saturated rings. The summed E-state index contributed by atoms with van der Waals surface area (Å²) in [6, 6.07) is 17.6. The van der Waals surface area contributed by atoms with E-state index in [0.717, 1.165) is 0 Å². The van der Waals surface area contributed by atoms with Crippen molar-refractivity contribution >= 4 is 61.6 Å². The first-order valence-electron chi connectivity index (χ1n) is 13.4. The van der Waals surface area contributed by atoms with Gasteiger partial charge in [-0.3, -0.25) is 0 Å². The second-order valence-electron chi connectivity index (χ2n) is 9.37. The van der Waals surface area contributed by atoms with E-state index in [0.29, 0.717) is 0 Å². The van der Waals surface area contributed by atoms with E-state index in [1.54, 1.807) is 39.0 Å². The third-order valence-electron chi connectivity index (χ3n) is 6.22. The zero-order valence-electron chi connectivity index (χ0n) is 23.7. The Kier molecular flexibility index (Phi) is 12.4. The van der Waals surface area contributed by atoms with Gasteiger partial charge in [0.05, 0.1) is 0 Å². The molecule has 0 aliphatic carbocycles. The molecule has 3 aromatic rings. The molecule has 3 unspecified atom stereocenters. The molecule has 3 aromatic carbocycles. The van der Waals surface area contributed by atoms with Crippen LogP contribution in [0.2, 0.25) is 0 Å². The number of benzene rings is 3. The SMILES string of the molecule is CCC(O)NS(=O)(=O)c1cccc[c]1[Bi]([c]1ccccc1S(=O)(=O)NC(O)CC)[c]1ccccc1S(=O)(=O)NC(O)CC. The maximum absolute atomic E-state index is 13.6. The second-order valence-corrected chi connectivity index (χ2v) is 22.6. The van der Waals surface area contributed by atoms with Crippen molar-refractivity contribution in [3.05, 3.63) is 72.8 Å². The van der Waals surface area contributed by atoms with Crippen LogP contribution in [-0.4, -0.2) is 81.0 Å². The molecule has 3 atom stereocenters. The van der Waals surface area contributed by atoms with E-state index in [9.17, 15) is 40.6 Å². The number of aliphatic hydroxyl groups is 3. The monoisotopic (exact) mass is 851 g/mol. The van der Waals surface area contributed by atoms with E-state index in [4.69, 9.17) is 0 Å². The summed E-state index contributed by atoms with van der Waals surface area (Å²) in [5.41, 5.74) is 0. The van der Waals surface area contributed by atoms with Crippen LogP contribution in [0.3, 0.4) is 0 Å². The van der Waals surface area contributed by atoms with Crippen molar-refractivity contribution in [2.24, 2.45) is 0 Å². The molecule has 3 rings (SSSR count). The maximum atomic E-state index is 13.6. The summed E-state index contributed by atoms with van der Waals surface area (Å²) in [5.74, 6) is 0. The van der Waals surface area contributed by atoms with Crippen LogP contribution >= 0.6 is 0 Å². The van der Waals surface area contributed by atoms with Gasteiger partial charge in [-0.05, 0) is 0 Å². The molecule has 0 heterocycles. The van der Waals surface area contributed by atoms with Gasteiger partial charge in [0.25, 0.3) is 0 Å². The van der Waals surface area contributed by atoms with Crippen molar-refractivity contribution in [2.45, 2.75) is 73.4 Å². The normalized spacial score (nSPS) is 14.9. The molecule has 236 valence electrons. The van der Waals surface area contributed by atoms with Crippen molar-refractivity contribution in [1.29, 1.82) is 0 Å². The first-order valence-corrected chi connectivity index (χ1v) is 23.0. The van der Waals surface area contributed by atoms with Crippen molar-refractivity contribution < 1.29 is 40.6 Å². The summed E-state index contributed by atoms with van der Waals surface area (Å²) in [6.45, 7) is 4.75. The number of sulfonamides is 3. The third kappa shape index (κ3) is 8.66. The molecule has 0 aromatic heterocycles. The Morgan fingerprint density at radius 1 is 0.512 bits per heavy atom. The molecule has 0 radical (unpaired) electrons. The van der Waals surface area contributed by atoms with Crippen LogP contribution < -0.4 is 24.0 Å². The Balaban J connectivity index is 2.45. The van der Waals surface area contributed by atoms with Gasteiger partial charge in [-0.1, -0.05) is 0 Å². The topological polar surface area (TPSA) is 199 Å². The summed E-state index contributed by atoms with van der Waals surface area (Å²) in [6.07, 6.45) is -3.96. The quantitative estimate of drug-likeness (QED) is 0.0840. The van der Waals surface area contributed by atoms with Gasteiger partial charge in [0.15, 0.2) is 0 Å². The number of rotatable bonds is 15. The van der Waals surface area contributed by atoms with E-state index in [2.05, 4.69) is 14.2 Å². The summed E-state index contributed by atoms with van der Waals surface area (Å²) >= 11 is -4.35. The fourth-order valence-electron chi connectivity index (χ4n) is 3.97. The zero-order chi connectivity index (χ0) is 32.0. The van der Waals surface area contributed by atoms with Crippen LogP contribution in [0.5, 0.6) is 0 Å². The first-order chi connectivity index (χ1) is 20.2. The van der Waals surface area contributed by atoms with Gasteiger partial charge in [-0.15, -0.1) is 0 Å². The summed E-state index contributed by atoms with van der Waals surface area (Å²) in [5, 5.41) is 30.4. The summed E-state index contributed by atoms with van der Waals surface area (Å²) in [4.78, 5) is -0.701. The standard InChI is InChI=1S/3C9H12NO3S.Bi/c3*1-2-9(11)10-14(12,13)8-6-4-3-5-7-8;/h3*3-6,9-11H,2H2,1H3;. The molecule has 6 N–H and O–H groups in total. The van der Waals surface area contributed by atoms with E-state index in [1.807, 2.05) is 0 Å². The van der Waals surface area contributed by atoms with Gasteiger partial charge in [-0.2, -0.15) is 0 Å². The second kappa shape index (κ2) is 15.0. The number of aliphatic hydroxyl groups excluding tert-OH is 3. The fraction of sp³-hybridized carbons (Fsp3) is 0.333. The minimum atomic E-state index is -4.37. The molecule has 0 saturated carbocycles. The molecule has 0 bridgehead atoms. The van der Waals surface area contributed by atoms with Gasteiger partial charge in [0, 0.05) is 0 Å². The molecule has 43 heavy (non-hydrogen) atoms.